The van der Waals surface area contributed by atoms with Crippen molar-refractivity contribution in [2.45, 2.75) is 19.9 Å². The SMILES string of the molecule is Cc1nc(N2CC(C)C(N)C2)ccc1C#N. The molecule has 0 bridgehead atoms. The van der Waals surface area contributed by atoms with Crippen LogP contribution in [0.25, 0.3) is 0 Å². The zero-order chi connectivity index (χ0) is 11.7. The van der Waals surface area contributed by atoms with Gasteiger partial charge in [0, 0.05) is 19.1 Å². The summed E-state index contributed by atoms with van der Waals surface area (Å²) in [4.78, 5) is 6.63. The highest BCUT2D eigenvalue weighted by Gasteiger charge is 2.27. The van der Waals surface area contributed by atoms with Gasteiger partial charge >= 0.3 is 0 Å². The van der Waals surface area contributed by atoms with Crippen LogP contribution in [0, 0.1) is 24.2 Å². The Morgan fingerprint density at radius 2 is 2.25 bits per heavy atom. The Labute approximate surface area is 95.7 Å². The lowest BCUT2D eigenvalue weighted by Gasteiger charge is -2.17. The Morgan fingerprint density at radius 1 is 1.50 bits per heavy atom. The number of rotatable bonds is 1. The van der Waals surface area contributed by atoms with Crippen molar-refractivity contribution in [3.8, 4) is 6.07 Å². The van der Waals surface area contributed by atoms with Gasteiger partial charge in [-0.15, -0.1) is 0 Å². The van der Waals surface area contributed by atoms with Crippen LogP contribution in [0.2, 0.25) is 0 Å². The van der Waals surface area contributed by atoms with Gasteiger partial charge < -0.3 is 10.6 Å². The molecule has 1 aromatic rings. The first-order valence-electron chi connectivity index (χ1n) is 5.50. The van der Waals surface area contributed by atoms with Crippen LogP contribution in [-0.2, 0) is 0 Å². The van der Waals surface area contributed by atoms with Crippen molar-refractivity contribution < 1.29 is 0 Å². The third-order valence-corrected chi connectivity index (χ3v) is 3.19. The summed E-state index contributed by atoms with van der Waals surface area (Å²) < 4.78 is 0. The number of aromatic nitrogens is 1. The van der Waals surface area contributed by atoms with Crippen LogP contribution in [0.15, 0.2) is 12.1 Å². The molecule has 1 fully saturated rings. The van der Waals surface area contributed by atoms with E-state index in [-0.39, 0.29) is 6.04 Å². The van der Waals surface area contributed by atoms with Crippen molar-refractivity contribution in [2.75, 3.05) is 18.0 Å². The monoisotopic (exact) mass is 216 g/mol. The van der Waals surface area contributed by atoms with Crippen molar-refractivity contribution in [1.82, 2.24) is 4.98 Å². The van der Waals surface area contributed by atoms with Crippen molar-refractivity contribution >= 4 is 5.82 Å². The van der Waals surface area contributed by atoms with Gasteiger partial charge in [-0.3, -0.25) is 0 Å². The molecule has 0 aromatic carbocycles. The van der Waals surface area contributed by atoms with E-state index in [9.17, 15) is 0 Å². The third-order valence-electron chi connectivity index (χ3n) is 3.19. The zero-order valence-electron chi connectivity index (χ0n) is 9.64. The molecule has 2 N–H and O–H groups in total. The molecule has 84 valence electrons. The second-order valence-electron chi connectivity index (χ2n) is 4.46. The molecule has 1 aromatic heterocycles. The van der Waals surface area contributed by atoms with Gasteiger partial charge in [-0.1, -0.05) is 6.92 Å². The molecule has 1 saturated heterocycles. The molecule has 1 aliphatic heterocycles. The van der Waals surface area contributed by atoms with Crippen LogP contribution in [0.5, 0.6) is 0 Å². The fraction of sp³-hybridized carbons (Fsp3) is 0.500. The second-order valence-corrected chi connectivity index (χ2v) is 4.46. The Hall–Kier alpha value is -1.60. The first-order valence-corrected chi connectivity index (χ1v) is 5.50. The lowest BCUT2D eigenvalue weighted by molar-refractivity contribution is 0.566. The van der Waals surface area contributed by atoms with E-state index in [1.807, 2.05) is 19.1 Å². The summed E-state index contributed by atoms with van der Waals surface area (Å²) in [6, 6.07) is 6.07. The van der Waals surface area contributed by atoms with Gasteiger partial charge in [0.2, 0.25) is 0 Å². The highest BCUT2D eigenvalue weighted by molar-refractivity contribution is 5.46. The lowest BCUT2D eigenvalue weighted by Crippen LogP contribution is -2.28. The highest BCUT2D eigenvalue weighted by atomic mass is 15.2. The van der Waals surface area contributed by atoms with E-state index < -0.39 is 0 Å². The number of aryl methyl sites for hydroxylation is 1. The molecule has 1 aliphatic rings. The normalized spacial score (nSPS) is 24.5. The molecule has 2 atom stereocenters. The van der Waals surface area contributed by atoms with Gasteiger partial charge in [-0.25, -0.2) is 4.98 Å². The number of pyridine rings is 1. The van der Waals surface area contributed by atoms with E-state index in [1.54, 1.807) is 0 Å². The van der Waals surface area contributed by atoms with E-state index in [4.69, 9.17) is 11.0 Å². The zero-order valence-corrected chi connectivity index (χ0v) is 9.64. The van der Waals surface area contributed by atoms with E-state index in [0.717, 1.165) is 24.6 Å². The fourth-order valence-corrected chi connectivity index (χ4v) is 2.02. The number of anilines is 1. The first-order chi connectivity index (χ1) is 7.61. The van der Waals surface area contributed by atoms with Crippen LogP contribution >= 0.6 is 0 Å². The van der Waals surface area contributed by atoms with Crippen LogP contribution in [0.3, 0.4) is 0 Å². The van der Waals surface area contributed by atoms with Crippen molar-refractivity contribution in [1.29, 1.82) is 5.26 Å². The predicted octanol–water partition coefficient (Wildman–Crippen LogP) is 1.05. The molecule has 16 heavy (non-hydrogen) atoms. The minimum atomic E-state index is 0.220. The first kappa shape index (κ1) is 10.9. The third kappa shape index (κ3) is 1.86. The Kier molecular flexibility index (Phi) is 2.80. The van der Waals surface area contributed by atoms with Gasteiger partial charge in [-0.05, 0) is 25.0 Å². The summed E-state index contributed by atoms with van der Waals surface area (Å²) in [5.41, 5.74) is 7.40. The predicted molar refractivity (Wildman–Crippen MR) is 63.0 cm³/mol. The molecule has 0 spiro atoms. The standard InChI is InChI=1S/C12H16N4/c1-8-6-16(7-11(8)14)12-4-3-10(5-13)9(2)15-12/h3-4,8,11H,6-7,14H2,1-2H3. The van der Waals surface area contributed by atoms with E-state index in [2.05, 4.69) is 22.9 Å². The maximum Gasteiger partial charge on any atom is 0.128 e. The summed E-state index contributed by atoms with van der Waals surface area (Å²) in [6.45, 7) is 5.81. The summed E-state index contributed by atoms with van der Waals surface area (Å²) in [7, 11) is 0. The quantitative estimate of drug-likeness (QED) is 0.762. The lowest BCUT2D eigenvalue weighted by atomic mass is 10.1. The molecule has 2 rings (SSSR count). The smallest absolute Gasteiger partial charge is 0.128 e. The molecular weight excluding hydrogens is 200 g/mol. The molecule has 0 aliphatic carbocycles. The molecule has 2 heterocycles. The average Bonchev–Trinajstić information content (AvgIpc) is 2.59. The summed E-state index contributed by atoms with van der Waals surface area (Å²) in [6.07, 6.45) is 0. The van der Waals surface area contributed by atoms with Crippen molar-refractivity contribution in [3.05, 3.63) is 23.4 Å². The number of hydrogen-bond donors (Lipinski definition) is 1. The van der Waals surface area contributed by atoms with Crippen LogP contribution < -0.4 is 10.6 Å². The minimum Gasteiger partial charge on any atom is -0.355 e. The molecule has 4 nitrogen and oxygen atoms in total. The highest BCUT2D eigenvalue weighted by Crippen LogP contribution is 2.22. The fourth-order valence-electron chi connectivity index (χ4n) is 2.02. The van der Waals surface area contributed by atoms with Gasteiger partial charge in [0.1, 0.15) is 11.9 Å². The molecular formula is C12H16N4. The second kappa shape index (κ2) is 4.11. The van der Waals surface area contributed by atoms with E-state index in [1.165, 1.54) is 0 Å². The van der Waals surface area contributed by atoms with Crippen LogP contribution in [0.1, 0.15) is 18.2 Å². The van der Waals surface area contributed by atoms with Crippen LogP contribution in [-0.4, -0.2) is 24.1 Å². The van der Waals surface area contributed by atoms with Gasteiger partial charge in [-0.2, -0.15) is 5.26 Å². The molecule has 0 saturated carbocycles. The molecule has 0 radical (unpaired) electrons. The largest absolute Gasteiger partial charge is 0.355 e. The van der Waals surface area contributed by atoms with E-state index >= 15 is 0 Å². The van der Waals surface area contributed by atoms with Gasteiger partial charge in [0.05, 0.1) is 11.3 Å². The van der Waals surface area contributed by atoms with Gasteiger partial charge in [0.25, 0.3) is 0 Å². The van der Waals surface area contributed by atoms with Crippen molar-refractivity contribution in [3.63, 3.8) is 0 Å². The Bertz CT molecular complexity index is 425. The Morgan fingerprint density at radius 3 is 2.75 bits per heavy atom. The average molecular weight is 216 g/mol. The number of nitrogens with zero attached hydrogens (tertiary/aromatic N) is 3. The maximum atomic E-state index is 8.84. The number of hydrogen-bond acceptors (Lipinski definition) is 4. The molecule has 2 unspecified atom stereocenters. The maximum absolute atomic E-state index is 8.84. The number of nitriles is 1. The van der Waals surface area contributed by atoms with Gasteiger partial charge in [0.15, 0.2) is 0 Å². The van der Waals surface area contributed by atoms with Crippen molar-refractivity contribution in [2.24, 2.45) is 11.7 Å². The number of nitrogens with two attached hydrogens (primary N) is 1. The summed E-state index contributed by atoms with van der Waals surface area (Å²) >= 11 is 0. The summed E-state index contributed by atoms with van der Waals surface area (Å²) in [5, 5.41) is 8.84. The minimum absolute atomic E-state index is 0.220. The Balaban J connectivity index is 2.23. The van der Waals surface area contributed by atoms with Crippen LogP contribution in [0.4, 0.5) is 5.82 Å². The van der Waals surface area contributed by atoms with E-state index in [0.29, 0.717) is 11.5 Å². The molecule has 4 heteroatoms. The molecule has 0 amide bonds. The summed E-state index contributed by atoms with van der Waals surface area (Å²) in [5.74, 6) is 1.43. The topological polar surface area (TPSA) is 65.9 Å².